The predicted octanol–water partition coefficient (Wildman–Crippen LogP) is 0.738. The number of nitrogens with one attached hydrogen (secondary N) is 1. The van der Waals surface area contributed by atoms with Crippen LogP contribution in [-0.2, 0) is 11.2 Å². The number of nitrogens with zero attached hydrogens (tertiary/aromatic N) is 2. The Balaban J connectivity index is 1.94. The number of hydrogen-bond donors (Lipinski definition) is 1. The van der Waals surface area contributed by atoms with Crippen molar-refractivity contribution in [2.24, 2.45) is 0 Å². The van der Waals surface area contributed by atoms with Crippen molar-refractivity contribution in [3.05, 3.63) is 12.2 Å². The van der Waals surface area contributed by atoms with E-state index in [9.17, 15) is 13.2 Å². The van der Waals surface area contributed by atoms with E-state index in [2.05, 4.69) is 24.7 Å². The van der Waals surface area contributed by atoms with Crippen LogP contribution in [0.4, 0.5) is 13.2 Å². The highest BCUT2D eigenvalue weighted by Gasteiger charge is 2.28. The third-order valence-corrected chi connectivity index (χ3v) is 1.48. The van der Waals surface area contributed by atoms with E-state index in [0.717, 1.165) is 0 Å². The first kappa shape index (κ1) is 11.9. The lowest BCUT2D eigenvalue weighted by atomic mass is 10.4. The van der Waals surface area contributed by atoms with Gasteiger partial charge in [-0.25, -0.2) is 0 Å². The number of aromatic nitrogens is 2. The minimum atomic E-state index is -4.56. The summed E-state index contributed by atoms with van der Waals surface area (Å²) in [5.41, 5.74) is 0. The summed E-state index contributed by atoms with van der Waals surface area (Å²) in [6.45, 7) is 0.188. The second-order valence-electron chi connectivity index (χ2n) is 2.64. The molecule has 0 saturated carbocycles. The molecule has 0 atom stereocenters. The Morgan fingerprint density at radius 2 is 2.20 bits per heavy atom. The molecule has 0 aromatic carbocycles. The highest BCUT2D eigenvalue weighted by Crippen LogP contribution is 2.14. The topological polar surface area (TPSA) is 60.2 Å². The van der Waals surface area contributed by atoms with Crippen molar-refractivity contribution in [2.75, 3.05) is 19.7 Å². The molecule has 0 aliphatic rings. The molecule has 0 spiro atoms. The van der Waals surface area contributed by atoms with Crippen LogP contribution in [0, 0.1) is 0 Å². The summed E-state index contributed by atoms with van der Waals surface area (Å²) in [6.07, 6.45) is -2.86. The summed E-state index contributed by atoms with van der Waals surface area (Å²) < 4.78 is 42.5. The van der Waals surface area contributed by atoms with Crippen molar-refractivity contribution in [3.63, 3.8) is 0 Å². The molecule has 1 heterocycles. The molecule has 15 heavy (non-hydrogen) atoms. The first-order chi connectivity index (χ1) is 7.08. The SMILES string of the molecule is FC(F)(F)OCCNCCc1ncon1. The third kappa shape index (κ3) is 6.02. The van der Waals surface area contributed by atoms with Crippen molar-refractivity contribution in [3.8, 4) is 0 Å². The largest absolute Gasteiger partial charge is 0.522 e. The zero-order valence-electron chi connectivity index (χ0n) is 7.75. The highest BCUT2D eigenvalue weighted by molar-refractivity contribution is 4.78. The van der Waals surface area contributed by atoms with Crippen molar-refractivity contribution >= 4 is 0 Å². The fourth-order valence-corrected chi connectivity index (χ4v) is 0.867. The molecule has 1 aromatic heterocycles. The lowest BCUT2D eigenvalue weighted by molar-refractivity contribution is -0.323. The Hall–Kier alpha value is -1.15. The van der Waals surface area contributed by atoms with Gasteiger partial charge in [-0.1, -0.05) is 5.16 Å². The average molecular weight is 225 g/mol. The summed E-state index contributed by atoms with van der Waals surface area (Å²) in [5.74, 6) is 0.513. The van der Waals surface area contributed by atoms with E-state index in [0.29, 0.717) is 18.8 Å². The van der Waals surface area contributed by atoms with Gasteiger partial charge >= 0.3 is 6.36 Å². The Bertz CT molecular complexity index is 263. The predicted molar refractivity (Wildman–Crippen MR) is 42.9 cm³/mol. The molecule has 86 valence electrons. The standard InChI is InChI=1S/C7H10F3N3O2/c8-7(9,10)14-4-3-11-2-1-6-12-5-15-13-6/h5,11H,1-4H2. The third-order valence-electron chi connectivity index (χ3n) is 1.48. The summed E-state index contributed by atoms with van der Waals surface area (Å²) in [4.78, 5) is 3.74. The molecule has 5 nitrogen and oxygen atoms in total. The van der Waals surface area contributed by atoms with E-state index < -0.39 is 13.0 Å². The number of hydrogen-bond acceptors (Lipinski definition) is 5. The monoisotopic (exact) mass is 225 g/mol. The van der Waals surface area contributed by atoms with Crippen LogP contribution in [0.25, 0.3) is 0 Å². The number of alkyl halides is 3. The average Bonchev–Trinajstić information content (AvgIpc) is 2.61. The molecule has 0 aliphatic carbocycles. The van der Waals surface area contributed by atoms with Gasteiger partial charge < -0.3 is 9.84 Å². The first-order valence-electron chi connectivity index (χ1n) is 4.24. The smallest absolute Gasteiger partial charge is 0.343 e. The molecule has 0 bridgehead atoms. The van der Waals surface area contributed by atoms with Gasteiger partial charge in [0.2, 0.25) is 6.39 Å². The second kappa shape index (κ2) is 5.66. The normalized spacial score (nSPS) is 11.9. The minimum absolute atomic E-state index is 0.122. The molecule has 1 N–H and O–H groups in total. The molecule has 1 rings (SSSR count). The molecule has 0 unspecified atom stereocenters. The van der Waals surface area contributed by atoms with Gasteiger partial charge in [0.25, 0.3) is 0 Å². The fourth-order valence-electron chi connectivity index (χ4n) is 0.867. The van der Waals surface area contributed by atoms with Gasteiger partial charge in [-0.15, -0.1) is 13.2 Å². The molecular weight excluding hydrogens is 215 g/mol. The van der Waals surface area contributed by atoms with Gasteiger partial charge in [-0.3, -0.25) is 4.74 Å². The van der Waals surface area contributed by atoms with Crippen LogP contribution in [-0.4, -0.2) is 36.2 Å². The lowest BCUT2D eigenvalue weighted by Crippen LogP contribution is -2.26. The van der Waals surface area contributed by atoms with Crippen LogP contribution in [0.2, 0.25) is 0 Å². The van der Waals surface area contributed by atoms with Crippen LogP contribution in [0.5, 0.6) is 0 Å². The van der Waals surface area contributed by atoms with E-state index in [4.69, 9.17) is 0 Å². The molecular formula is C7H10F3N3O2. The van der Waals surface area contributed by atoms with Crippen molar-refractivity contribution in [1.29, 1.82) is 0 Å². The van der Waals surface area contributed by atoms with Gasteiger partial charge in [0.05, 0.1) is 6.61 Å². The lowest BCUT2D eigenvalue weighted by Gasteiger charge is -2.07. The summed E-state index contributed by atoms with van der Waals surface area (Å²) in [6, 6.07) is 0. The number of halogens is 3. The fraction of sp³-hybridized carbons (Fsp3) is 0.714. The highest BCUT2D eigenvalue weighted by atomic mass is 19.4. The molecule has 0 aliphatic heterocycles. The number of rotatable bonds is 6. The van der Waals surface area contributed by atoms with E-state index in [-0.39, 0.29) is 6.54 Å². The minimum Gasteiger partial charge on any atom is -0.343 e. The maximum atomic E-state index is 11.5. The Morgan fingerprint density at radius 1 is 1.40 bits per heavy atom. The Morgan fingerprint density at radius 3 is 2.80 bits per heavy atom. The van der Waals surface area contributed by atoms with E-state index in [1.807, 2.05) is 0 Å². The maximum absolute atomic E-state index is 11.5. The van der Waals surface area contributed by atoms with Gasteiger partial charge in [0.1, 0.15) is 0 Å². The van der Waals surface area contributed by atoms with Gasteiger partial charge in [0, 0.05) is 19.5 Å². The molecule has 8 heteroatoms. The molecule has 0 radical (unpaired) electrons. The van der Waals surface area contributed by atoms with Crippen LogP contribution >= 0.6 is 0 Å². The van der Waals surface area contributed by atoms with E-state index in [1.54, 1.807) is 0 Å². The molecule has 0 saturated heterocycles. The number of ether oxygens (including phenoxy) is 1. The van der Waals surface area contributed by atoms with E-state index in [1.165, 1.54) is 6.39 Å². The maximum Gasteiger partial charge on any atom is 0.522 e. The van der Waals surface area contributed by atoms with Gasteiger partial charge in [-0.2, -0.15) is 4.98 Å². The molecule has 0 fully saturated rings. The summed E-state index contributed by atoms with van der Waals surface area (Å²) in [7, 11) is 0. The summed E-state index contributed by atoms with van der Waals surface area (Å²) in [5, 5.41) is 6.29. The van der Waals surface area contributed by atoms with E-state index >= 15 is 0 Å². The van der Waals surface area contributed by atoms with Gasteiger partial charge in [-0.05, 0) is 0 Å². The Labute approximate surface area is 83.6 Å². The summed E-state index contributed by atoms with van der Waals surface area (Å²) >= 11 is 0. The second-order valence-corrected chi connectivity index (χ2v) is 2.64. The zero-order chi connectivity index (χ0) is 11.1. The van der Waals surface area contributed by atoms with Crippen molar-refractivity contribution in [1.82, 2.24) is 15.5 Å². The van der Waals surface area contributed by atoms with Crippen molar-refractivity contribution < 1.29 is 22.4 Å². The zero-order valence-corrected chi connectivity index (χ0v) is 7.75. The van der Waals surface area contributed by atoms with Crippen LogP contribution in [0.1, 0.15) is 5.82 Å². The van der Waals surface area contributed by atoms with Crippen LogP contribution in [0.15, 0.2) is 10.9 Å². The first-order valence-corrected chi connectivity index (χ1v) is 4.24. The quantitative estimate of drug-likeness (QED) is 0.723. The molecule has 0 amide bonds. The Kier molecular flexibility index (Phi) is 4.50. The molecule has 1 aromatic rings. The van der Waals surface area contributed by atoms with Gasteiger partial charge in [0.15, 0.2) is 5.82 Å². The van der Waals surface area contributed by atoms with Crippen molar-refractivity contribution in [2.45, 2.75) is 12.8 Å². The van der Waals surface area contributed by atoms with Crippen LogP contribution < -0.4 is 5.32 Å². The van der Waals surface area contributed by atoms with Crippen LogP contribution in [0.3, 0.4) is 0 Å².